The fourth-order valence-corrected chi connectivity index (χ4v) is 2.62. The number of nitrogens with one attached hydrogen (secondary N) is 2. The first-order valence-corrected chi connectivity index (χ1v) is 9.26. The highest BCUT2D eigenvalue weighted by molar-refractivity contribution is 5.99. The Kier molecular flexibility index (Phi) is 7.62. The summed E-state index contributed by atoms with van der Waals surface area (Å²) in [6, 6.07) is 11.2. The fraction of sp³-hybridized carbons (Fsp3) is 0.286. The molecule has 0 bridgehead atoms. The number of nitro benzene ring substituents is 1. The summed E-state index contributed by atoms with van der Waals surface area (Å²) < 4.78 is 5.06. The maximum Gasteiger partial charge on any atom is 0.329 e. The molecule has 0 saturated heterocycles. The molecule has 2 N–H and O–H groups in total. The molecule has 0 aliphatic rings. The lowest BCUT2D eigenvalue weighted by atomic mass is 10.0. The summed E-state index contributed by atoms with van der Waals surface area (Å²) in [6.07, 6.45) is 0. The van der Waals surface area contributed by atoms with Gasteiger partial charge in [-0.15, -0.1) is 0 Å². The molecule has 0 heterocycles. The second-order valence-electron chi connectivity index (χ2n) is 6.98. The number of carbonyl (C=O) groups excluding carboxylic acids is 3. The third kappa shape index (κ3) is 6.13. The minimum absolute atomic E-state index is 0.0657. The molecule has 0 aliphatic heterocycles. The molecule has 0 aromatic heterocycles. The number of aryl methyl sites for hydroxylation is 1. The van der Waals surface area contributed by atoms with Crippen molar-refractivity contribution in [2.45, 2.75) is 26.8 Å². The maximum atomic E-state index is 12.4. The average molecular weight is 413 g/mol. The van der Waals surface area contributed by atoms with Crippen LogP contribution in [0.25, 0.3) is 0 Å². The highest BCUT2D eigenvalue weighted by Gasteiger charge is 2.27. The standard InChI is InChI=1S/C21H23N3O6/c1-13(2)19(23-21(27)22-16-7-5-4-6-8-16)20(26)30-12-18(25)15-10-9-14(3)17(11-15)24(28)29/h4-11,13,19H,12H2,1-3H3,(H2,22,23,27)/t19-/m0/s1. The Labute approximate surface area is 173 Å². The predicted octanol–water partition coefficient (Wildman–Crippen LogP) is 3.48. The number of Topliss-reactive ketones (excluding diaryl/α,β-unsaturated/α-hetero) is 1. The van der Waals surface area contributed by atoms with E-state index in [1.807, 2.05) is 0 Å². The van der Waals surface area contributed by atoms with Crippen molar-refractivity contribution in [3.63, 3.8) is 0 Å². The molecule has 0 aliphatic carbocycles. The quantitative estimate of drug-likeness (QED) is 0.295. The van der Waals surface area contributed by atoms with Crippen LogP contribution in [0, 0.1) is 23.0 Å². The Balaban J connectivity index is 1.98. The van der Waals surface area contributed by atoms with Gasteiger partial charge in [0.15, 0.2) is 6.61 Å². The Morgan fingerprint density at radius 2 is 1.77 bits per heavy atom. The molecule has 9 heteroatoms. The molecule has 158 valence electrons. The minimum Gasteiger partial charge on any atom is -0.456 e. The van der Waals surface area contributed by atoms with Gasteiger partial charge in [0.2, 0.25) is 5.78 Å². The van der Waals surface area contributed by atoms with Crippen LogP contribution < -0.4 is 10.6 Å². The van der Waals surface area contributed by atoms with E-state index in [0.29, 0.717) is 11.3 Å². The Morgan fingerprint density at radius 3 is 2.37 bits per heavy atom. The van der Waals surface area contributed by atoms with Crippen molar-refractivity contribution in [2.75, 3.05) is 11.9 Å². The van der Waals surface area contributed by atoms with E-state index in [2.05, 4.69) is 10.6 Å². The third-order valence-corrected chi connectivity index (χ3v) is 4.31. The second-order valence-corrected chi connectivity index (χ2v) is 6.98. The normalized spacial score (nSPS) is 11.5. The summed E-state index contributed by atoms with van der Waals surface area (Å²) >= 11 is 0. The number of hydrogen-bond donors (Lipinski definition) is 2. The first-order valence-electron chi connectivity index (χ1n) is 9.26. The van der Waals surface area contributed by atoms with E-state index < -0.39 is 35.4 Å². The summed E-state index contributed by atoms with van der Waals surface area (Å²) in [5.74, 6) is -1.65. The van der Waals surface area contributed by atoms with Crippen LogP contribution in [0.3, 0.4) is 0 Å². The number of nitrogens with zero attached hydrogens (tertiary/aromatic N) is 1. The lowest BCUT2D eigenvalue weighted by molar-refractivity contribution is -0.385. The van der Waals surface area contributed by atoms with Crippen molar-refractivity contribution in [1.29, 1.82) is 0 Å². The number of para-hydroxylation sites is 1. The summed E-state index contributed by atoms with van der Waals surface area (Å²) in [5.41, 5.74) is 0.853. The molecule has 2 aromatic rings. The highest BCUT2D eigenvalue weighted by atomic mass is 16.6. The van der Waals surface area contributed by atoms with Gasteiger partial charge >= 0.3 is 12.0 Å². The van der Waals surface area contributed by atoms with Gasteiger partial charge in [0.05, 0.1) is 4.92 Å². The van der Waals surface area contributed by atoms with Gasteiger partial charge in [0, 0.05) is 22.9 Å². The van der Waals surface area contributed by atoms with E-state index in [1.54, 1.807) is 51.1 Å². The molecule has 0 spiro atoms. The molecule has 30 heavy (non-hydrogen) atoms. The van der Waals surface area contributed by atoms with Gasteiger partial charge < -0.3 is 15.4 Å². The van der Waals surface area contributed by atoms with E-state index in [1.165, 1.54) is 12.1 Å². The average Bonchev–Trinajstić information content (AvgIpc) is 2.70. The van der Waals surface area contributed by atoms with Crippen LogP contribution >= 0.6 is 0 Å². The highest BCUT2D eigenvalue weighted by Crippen LogP contribution is 2.19. The van der Waals surface area contributed by atoms with Gasteiger partial charge in [-0.05, 0) is 25.0 Å². The molecule has 0 unspecified atom stereocenters. The molecule has 0 saturated carbocycles. The smallest absolute Gasteiger partial charge is 0.329 e. The Morgan fingerprint density at radius 1 is 1.10 bits per heavy atom. The monoisotopic (exact) mass is 413 g/mol. The maximum absolute atomic E-state index is 12.4. The van der Waals surface area contributed by atoms with E-state index in [-0.39, 0.29) is 17.2 Å². The van der Waals surface area contributed by atoms with Gasteiger partial charge in [0.1, 0.15) is 6.04 Å². The Hall–Kier alpha value is -3.75. The van der Waals surface area contributed by atoms with Crippen molar-refractivity contribution in [1.82, 2.24) is 5.32 Å². The summed E-state index contributed by atoms with van der Waals surface area (Å²) in [4.78, 5) is 47.3. The largest absolute Gasteiger partial charge is 0.456 e. The van der Waals surface area contributed by atoms with Gasteiger partial charge in [0.25, 0.3) is 5.69 Å². The van der Waals surface area contributed by atoms with Gasteiger partial charge in [-0.1, -0.05) is 44.2 Å². The molecule has 1 atom stereocenters. The van der Waals surface area contributed by atoms with Crippen LogP contribution in [0.15, 0.2) is 48.5 Å². The van der Waals surface area contributed by atoms with Gasteiger partial charge in [-0.3, -0.25) is 14.9 Å². The van der Waals surface area contributed by atoms with Crippen molar-refractivity contribution in [3.8, 4) is 0 Å². The number of hydrogen-bond acceptors (Lipinski definition) is 6. The van der Waals surface area contributed by atoms with E-state index in [9.17, 15) is 24.5 Å². The van der Waals surface area contributed by atoms with E-state index in [4.69, 9.17) is 4.74 Å². The molecule has 2 amide bonds. The van der Waals surface area contributed by atoms with Gasteiger partial charge in [-0.2, -0.15) is 0 Å². The molecule has 2 aromatic carbocycles. The number of urea groups is 1. The van der Waals surface area contributed by atoms with Crippen molar-refractivity contribution in [3.05, 3.63) is 69.8 Å². The fourth-order valence-electron chi connectivity index (χ4n) is 2.62. The van der Waals surface area contributed by atoms with Crippen molar-refractivity contribution >= 4 is 29.2 Å². The van der Waals surface area contributed by atoms with Crippen LogP contribution in [0.5, 0.6) is 0 Å². The zero-order valence-electron chi connectivity index (χ0n) is 16.9. The van der Waals surface area contributed by atoms with Crippen LogP contribution in [-0.4, -0.2) is 35.4 Å². The molecule has 0 radical (unpaired) electrons. The molecular formula is C21H23N3O6. The van der Waals surface area contributed by atoms with Crippen LogP contribution in [0.1, 0.15) is 29.8 Å². The first kappa shape index (κ1) is 22.5. The first-order chi connectivity index (χ1) is 14.2. The summed E-state index contributed by atoms with van der Waals surface area (Å²) in [6.45, 7) is 4.41. The SMILES string of the molecule is Cc1ccc(C(=O)COC(=O)[C@@H](NC(=O)Nc2ccccc2)C(C)C)cc1[N+](=O)[O-]. The zero-order valence-corrected chi connectivity index (χ0v) is 16.9. The van der Waals surface area contributed by atoms with Crippen LogP contribution in [0.4, 0.5) is 16.2 Å². The summed E-state index contributed by atoms with van der Waals surface area (Å²) in [5, 5.41) is 16.2. The van der Waals surface area contributed by atoms with Crippen LogP contribution in [0.2, 0.25) is 0 Å². The lowest BCUT2D eigenvalue weighted by Crippen LogP contribution is -2.47. The number of amides is 2. The molecular weight excluding hydrogens is 390 g/mol. The number of ketones is 1. The number of esters is 1. The summed E-state index contributed by atoms with van der Waals surface area (Å²) in [7, 11) is 0. The van der Waals surface area contributed by atoms with Gasteiger partial charge in [-0.25, -0.2) is 9.59 Å². The predicted molar refractivity (Wildman–Crippen MR) is 110 cm³/mol. The Bertz CT molecular complexity index is 943. The number of ether oxygens (including phenoxy) is 1. The second kappa shape index (κ2) is 10.1. The van der Waals surface area contributed by atoms with Crippen molar-refractivity contribution in [2.24, 2.45) is 5.92 Å². The van der Waals surface area contributed by atoms with E-state index >= 15 is 0 Å². The number of anilines is 1. The van der Waals surface area contributed by atoms with Crippen molar-refractivity contribution < 1.29 is 24.0 Å². The number of nitro groups is 1. The van der Waals surface area contributed by atoms with E-state index in [0.717, 1.165) is 6.07 Å². The number of benzene rings is 2. The number of carbonyl (C=O) groups is 3. The third-order valence-electron chi connectivity index (χ3n) is 4.31. The molecule has 0 fully saturated rings. The molecule has 9 nitrogen and oxygen atoms in total. The van der Waals surface area contributed by atoms with Crippen LogP contribution in [-0.2, 0) is 9.53 Å². The minimum atomic E-state index is -0.978. The topological polar surface area (TPSA) is 128 Å². The zero-order chi connectivity index (χ0) is 22.3. The number of rotatable bonds is 8. The lowest BCUT2D eigenvalue weighted by Gasteiger charge is -2.21. The molecule has 2 rings (SSSR count).